The summed E-state index contributed by atoms with van der Waals surface area (Å²) < 4.78 is 30.6. The lowest BCUT2D eigenvalue weighted by atomic mass is 10.3. The van der Waals surface area contributed by atoms with Gasteiger partial charge in [-0.25, -0.2) is 9.82 Å². The Morgan fingerprint density at radius 2 is 1.32 bits per heavy atom. The lowest BCUT2D eigenvalue weighted by Crippen LogP contribution is -2.02. The van der Waals surface area contributed by atoms with Gasteiger partial charge in [0.1, 0.15) is 11.5 Å². The first kappa shape index (κ1) is 17.1. The fourth-order valence-electron chi connectivity index (χ4n) is 1.42. The van der Waals surface area contributed by atoms with Crippen LogP contribution in [0.3, 0.4) is 0 Å². The molecule has 0 aliphatic carbocycles. The van der Waals surface area contributed by atoms with Gasteiger partial charge in [0.05, 0.1) is 0 Å². The summed E-state index contributed by atoms with van der Waals surface area (Å²) in [5.41, 5.74) is 0. The molecule has 0 bridgehead atoms. The third kappa shape index (κ3) is 5.19. The van der Waals surface area contributed by atoms with Gasteiger partial charge in [-0.05, 0) is 24.3 Å². The van der Waals surface area contributed by atoms with E-state index in [0.29, 0.717) is 0 Å². The van der Waals surface area contributed by atoms with Crippen LogP contribution in [0.5, 0.6) is 11.5 Å². The van der Waals surface area contributed by atoms with Crippen LogP contribution in [0, 0.1) is 0 Å². The first-order valence-corrected chi connectivity index (χ1v) is 9.94. The van der Waals surface area contributed by atoms with E-state index in [1.165, 1.54) is 24.3 Å². The van der Waals surface area contributed by atoms with Gasteiger partial charge in [-0.3, -0.25) is 4.89 Å². The zero-order chi connectivity index (χ0) is 16.1. The Labute approximate surface area is 131 Å². The van der Waals surface area contributed by atoms with Crippen molar-refractivity contribution in [3.63, 3.8) is 0 Å². The van der Waals surface area contributed by atoms with E-state index in [0.717, 1.165) is 0 Å². The molecule has 118 valence electrons. The number of para-hydroxylation sites is 2. The summed E-state index contributed by atoms with van der Waals surface area (Å²) in [6, 6.07) is 15.9. The molecule has 0 radical (unpaired) electrons. The largest absolute Gasteiger partial charge is 0.535 e. The molecule has 2 rings (SSSR count). The molecule has 0 saturated heterocycles. The van der Waals surface area contributed by atoms with Crippen molar-refractivity contribution < 1.29 is 32.7 Å². The van der Waals surface area contributed by atoms with Crippen LogP contribution in [-0.4, -0.2) is 10.2 Å². The summed E-state index contributed by atoms with van der Waals surface area (Å²) in [4.78, 5) is 9.71. The maximum atomic E-state index is 11.9. The molecular formula is C12H12O7P2S. The van der Waals surface area contributed by atoms with E-state index in [9.17, 15) is 9.46 Å². The minimum Gasteiger partial charge on any atom is -0.422 e. The summed E-state index contributed by atoms with van der Waals surface area (Å²) >= 11 is 4.83. The topological polar surface area (TPSA) is 94.5 Å². The minimum absolute atomic E-state index is 0.0903. The second-order valence-corrected chi connectivity index (χ2v) is 8.24. The van der Waals surface area contributed by atoms with Gasteiger partial charge < -0.3 is 9.05 Å². The molecule has 10 heteroatoms. The Bertz CT molecular complexity index is 695. The summed E-state index contributed by atoms with van der Waals surface area (Å²) in [7, 11) is -4.65. The molecule has 2 N–H and O–H groups in total. The standard InChI is InChI=1S/C12H12O7P2S/c13-18-21(22,17-12-9-5-2-6-10-12)19-20(14,15)16-11-7-3-1-4-8-11/h1-10,13H,(H,14,15). The molecule has 0 fully saturated rings. The number of hydrogen-bond donors (Lipinski definition) is 2. The minimum atomic E-state index is -4.65. The van der Waals surface area contributed by atoms with E-state index < -0.39 is 14.5 Å². The van der Waals surface area contributed by atoms with Gasteiger partial charge in [0.25, 0.3) is 0 Å². The van der Waals surface area contributed by atoms with Crippen molar-refractivity contribution >= 4 is 26.3 Å². The third-order valence-electron chi connectivity index (χ3n) is 2.23. The quantitative estimate of drug-likeness (QED) is 0.434. The fourth-order valence-corrected chi connectivity index (χ4v) is 4.63. The van der Waals surface area contributed by atoms with Crippen LogP contribution in [0.15, 0.2) is 60.7 Å². The molecule has 2 aromatic rings. The van der Waals surface area contributed by atoms with E-state index in [1.807, 2.05) is 0 Å². The van der Waals surface area contributed by atoms with Crippen LogP contribution in [0.4, 0.5) is 0 Å². The third-order valence-corrected chi connectivity index (χ3v) is 5.95. The van der Waals surface area contributed by atoms with Crippen LogP contribution in [0.25, 0.3) is 0 Å². The molecule has 0 saturated carbocycles. The van der Waals surface area contributed by atoms with E-state index in [2.05, 4.69) is 4.67 Å². The monoisotopic (exact) mass is 362 g/mol. The van der Waals surface area contributed by atoms with E-state index in [-0.39, 0.29) is 11.5 Å². The summed E-state index contributed by atoms with van der Waals surface area (Å²) in [5, 5.41) is 8.88. The first-order valence-electron chi connectivity index (χ1n) is 5.89. The number of phosphoric ester groups is 1. The van der Waals surface area contributed by atoms with Crippen molar-refractivity contribution in [3.8, 4) is 11.5 Å². The van der Waals surface area contributed by atoms with Gasteiger partial charge in [-0.15, -0.1) is 4.67 Å². The van der Waals surface area contributed by atoms with Crippen LogP contribution in [0.2, 0.25) is 0 Å². The lowest BCUT2D eigenvalue weighted by molar-refractivity contribution is -0.145. The number of rotatable bonds is 7. The average molecular weight is 362 g/mol. The van der Waals surface area contributed by atoms with Crippen molar-refractivity contribution in [1.82, 2.24) is 0 Å². The highest BCUT2D eigenvalue weighted by atomic mass is 32.5. The normalized spacial score (nSPS) is 16.3. The molecule has 0 aliphatic heterocycles. The van der Waals surface area contributed by atoms with Crippen LogP contribution in [-0.2, 0) is 25.4 Å². The Morgan fingerprint density at radius 3 is 1.77 bits per heavy atom. The van der Waals surface area contributed by atoms with Gasteiger partial charge >= 0.3 is 14.5 Å². The summed E-state index contributed by atoms with van der Waals surface area (Å²) in [6.45, 7) is -3.93. The molecule has 22 heavy (non-hydrogen) atoms. The Kier molecular flexibility index (Phi) is 5.72. The van der Waals surface area contributed by atoms with Crippen molar-refractivity contribution in [2.45, 2.75) is 0 Å². The van der Waals surface area contributed by atoms with E-state index in [1.54, 1.807) is 36.4 Å². The van der Waals surface area contributed by atoms with Crippen LogP contribution >= 0.6 is 14.5 Å². The maximum absolute atomic E-state index is 11.9. The highest BCUT2D eigenvalue weighted by Crippen LogP contribution is 2.62. The van der Waals surface area contributed by atoms with Crippen LogP contribution < -0.4 is 9.05 Å². The van der Waals surface area contributed by atoms with Gasteiger partial charge in [-0.1, -0.05) is 36.4 Å². The maximum Gasteiger partial charge on any atom is 0.535 e. The van der Waals surface area contributed by atoms with Crippen molar-refractivity contribution in [2.75, 3.05) is 0 Å². The van der Waals surface area contributed by atoms with Gasteiger partial charge in [0, 0.05) is 11.8 Å². The van der Waals surface area contributed by atoms with E-state index >= 15 is 0 Å². The SMILES string of the molecule is O=P(O)(Oc1ccccc1)OP(=S)(OO)Oc1ccccc1. The van der Waals surface area contributed by atoms with E-state index in [4.69, 9.17) is 30.4 Å². The predicted octanol–water partition coefficient (Wildman–Crippen LogP) is 3.98. The van der Waals surface area contributed by atoms with Crippen molar-refractivity contribution in [1.29, 1.82) is 0 Å². The molecule has 2 aromatic carbocycles. The molecular weight excluding hydrogens is 350 g/mol. The Hall–Kier alpha value is -1.24. The lowest BCUT2D eigenvalue weighted by Gasteiger charge is -2.21. The van der Waals surface area contributed by atoms with Crippen LogP contribution in [0.1, 0.15) is 0 Å². The molecule has 2 unspecified atom stereocenters. The number of phosphoric acid groups is 1. The summed E-state index contributed by atoms with van der Waals surface area (Å²) in [6.07, 6.45) is 0. The smallest absolute Gasteiger partial charge is 0.422 e. The molecule has 0 spiro atoms. The number of hydrogen-bond acceptors (Lipinski definition) is 7. The Balaban J connectivity index is 2.11. The molecule has 0 aromatic heterocycles. The average Bonchev–Trinajstić information content (AvgIpc) is 2.48. The molecule has 0 heterocycles. The van der Waals surface area contributed by atoms with Crippen molar-refractivity contribution in [3.05, 3.63) is 60.7 Å². The zero-order valence-corrected chi connectivity index (χ0v) is 13.6. The zero-order valence-electron chi connectivity index (χ0n) is 11.0. The summed E-state index contributed by atoms with van der Waals surface area (Å²) in [5.74, 6) is 0.298. The van der Waals surface area contributed by atoms with Gasteiger partial charge in [-0.2, -0.15) is 4.31 Å². The van der Waals surface area contributed by atoms with Gasteiger partial charge in [0.2, 0.25) is 0 Å². The van der Waals surface area contributed by atoms with Gasteiger partial charge in [0.15, 0.2) is 0 Å². The molecule has 2 atom stereocenters. The molecule has 7 nitrogen and oxygen atoms in total. The highest BCUT2D eigenvalue weighted by Gasteiger charge is 2.37. The fraction of sp³-hybridized carbons (Fsp3) is 0. The first-order chi connectivity index (χ1) is 10.4. The predicted molar refractivity (Wildman–Crippen MR) is 83.0 cm³/mol. The molecule has 0 aliphatic rings. The molecule has 0 amide bonds. The van der Waals surface area contributed by atoms with Crippen molar-refractivity contribution in [2.24, 2.45) is 0 Å². The second-order valence-electron chi connectivity index (χ2n) is 3.89. The number of benzene rings is 2. The second kappa shape index (κ2) is 7.35. The highest BCUT2D eigenvalue weighted by molar-refractivity contribution is 8.09. The Morgan fingerprint density at radius 1 is 0.864 bits per heavy atom.